The van der Waals surface area contributed by atoms with Crippen molar-refractivity contribution in [2.75, 3.05) is 40.9 Å². The molecule has 0 bridgehead atoms. The van der Waals surface area contributed by atoms with Crippen molar-refractivity contribution in [1.82, 2.24) is 15.5 Å². The third-order valence-electron chi connectivity index (χ3n) is 4.63. The van der Waals surface area contributed by atoms with Gasteiger partial charge in [0.15, 0.2) is 17.5 Å². The van der Waals surface area contributed by atoms with Crippen molar-refractivity contribution >= 4 is 47.4 Å². The number of carbonyl (C=O) groups is 1. The number of hydrogen-bond acceptors (Lipinski definition) is 4. The number of halogens is 2. The van der Waals surface area contributed by atoms with Crippen LogP contribution in [0, 0.1) is 0 Å². The molecule has 2 aromatic rings. The Bertz CT molecular complexity index is 937. The summed E-state index contributed by atoms with van der Waals surface area (Å²) in [5.74, 6) is 1.95. The summed E-state index contributed by atoms with van der Waals surface area (Å²) in [6.45, 7) is 2.25. The second-order valence-corrected chi connectivity index (χ2v) is 7.51. The Morgan fingerprint density at radius 3 is 2.65 bits per heavy atom. The molecule has 31 heavy (non-hydrogen) atoms. The fourth-order valence-corrected chi connectivity index (χ4v) is 3.40. The first-order valence-corrected chi connectivity index (χ1v) is 10.2. The Labute approximate surface area is 205 Å². The highest BCUT2D eigenvalue weighted by atomic mass is 127. The molecule has 0 aliphatic carbocycles. The molecule has 1 heterocycles. The van der Waals surface area contributed by atoms with Gasteiger partial charge in [-0.25, -0.2) is 0 Å². The Morgan fingerprint density at radius 2 is 1.90 bits per heavy atom. The van der Waals surface area contributed by atoms with E-state index in [4.69, 9.17) is 21.1 Å². The molecule has 1 aliphatic rings. The maximum absolute atomic E-state index is 12.1. The third kappa shape index (κ3) is 6.90. The van der Waals surface area contributed by atoms with Crippen LogP contribution in [0.5, 0.6) is 11.5 Å². The van der Waals surface area contributed by atoms with Gasteiger partial charge in [0.1, 0.15) is 13.2 Å². The molecular weight excluding hydrogens is 531 g/mol. The largest absolute Gasteiger partial charge is 0.486 e. The highest BCUT2D eigenvalue weighted by Crippen LogP contribution is 2.38. The smallest absolute Gasteiger partial charge is 0.253 e. The molecule has 0 spiro atoms. The van der Waals surface area contributed by atoms with Gasteiger partial charge in [-0.3, -0.25) is 9.79 Å². The maximum atomic E-state index is 12.1. The zero-order valence-electron chi connectivity index (χ0n) is 17.9. The van der Waals surface area contributed by atoms with Crippen molar-refractivity contribution < 1.29 is 14.3 Å². The fourth-order valence-electron chi connectivity index (χ4n) is 3.12. The predicted molar refractivity (Wildman–Crippen MR) is 134 cm³/mol. The van der Waals surface area contributed by atoms with Crippen molar-refractivity contribution in [3.63, 3.8) is 0 Å². The van der Waals surface area contributed by atoms with Gasteiger partial charge < -0.3 is 25.0 Å². The molecule has 1 aliphatic heterocycles. The number of benzene rings is 2. The van der Waals surface area contributed by atoms with Gasteiger partial charge in [-0.15, -0.1) is 24.0 Å². The minimum atomic E-state index is 0. The van der Waals surface area contributed by atoms with Gasteiger partial charge in [-0.05, 0) is 41.8 Å². The van der Waals surface area contributed by atoms with E-state index in [1.165, 1.54) is 0 Å². The van der Waals surface area contributed by atoms with Gasteiger partial charge in [-0.1, -0.05) is 23.7 Å². The van der Waals surface area contributed by atoms with Crippen molar-refractivity contribution in [3.8, 4) is 11.5 Å². The van der Waals surface area contributed by atoms with Gasteiger partial charge in [0, 0.05) is 39.8 Å². The first-order chi connectivity index (χ1) is 14.5. The van der Waals surface area contributed by atoms with E-state index >= 15 is 0 Å². The molecule has 9 heteroatoms. The van der Waals surface area contributed by atoms with Crippen LogP contribution in [0.4, 0.5) is 0 Å². The summed E-state index contributed by atoms with van der Waals surface area (Å²) in [6, 6.07) is 11.5. The average Bonchev–Trinajstić information content (AvgIpc) is 2.75. The second kappa shape index (κ2) is 12.0. The Kier molecular flexibility index (Phi) is 9.70. The molecule has 0 atom stereocenters. The Balaban J connectivity index is 0.00000341. The topological polar surface area (TPSA) is 75.2 Å². The second-order valence-electron chi connectivity index (χ2n) is 7.10. The number of rotatable bonds is 6. The van der Waals surface area contributed by atoms with Crippen molar-refractivity contribution in [2.45, 2.75) is 13.0 Å². The van der Waals surface area contributed by atoms with Gasteiger partial charge >= 0.3 is 0 Å². The van der Waals surface area contributed by atoms with E-state index in [2.05, 4.69) is 15.6 Å². The highest BCUT2D eigenvalue weighted by molar-refractivity contribution is 14.0. The van der Waals surface area contributed by atoms with Crippen molar-refractivity contribution in [1.29, 1.82) is 0 Å². The molecule has 7 nitrogen and oxygen atoms in total. The van der Waals surface area contributed by atoms with E-state index in [0.29, 0.717) is 54.3 Å². The lowest BCUT2D eigenvalue weighted by Gasteiger charge is -2.20. The summed E-state index contributed by atoms with van der Waals surface area (Å²) in [7, 11) is 5.23. The van der Waals surface area contributed by atoms with Gasteiger partial charge in [0.25, 0.3) is 5.91 Å². The average molecular weight is 559 g/mol. The molecule has 0 saturated carbocycles. The summed E-state index contributed by atoms with van der Waals surface area (Å²) in [5.41, 5.74) is 2.75. The van der Waals surface area contributed by atoms with Crippen LogP contribution < -0.4 is 20.1 Å². The highest BCUT2D eigenvalue weighted by Gasteiger charge is 2.16. The summed E-state index contributed by atoms with van der Waals surface area (Å²) in [5, 5.41) is 7.11. The zero-order valence-corrected chi connectivity index (χ0v) is 21.0. The van der Waals surface area contributed by atoms with Crippen LogP contribution in [0.3, 0.4) is 0 Å². The number of amides is 1. The molecule has 0 aromatic heterocycles. The van der Waals surface area contributed by atoms with Crippen LogP contribution in [0.15, 0.2) is 41.4 Å². The monoisotopic (exact) mass is 558 g/mol. The quantitative estimate of drug-likeness (QED) is 0.323. The van der Waals surface area contributed by atoms with E-state index in [0.717, 1.165) is 17.5 Å². The van der Waals surface area contributed by atoms with E-state index in [1.54, 1.807) is 26.0 Å². The predicted octanol–water partition coefficient (Wildman–Crippen LogP) is 3.34. The number of nitrogens with zero attached hydrogens (tertiary/aromatic N) is 2. The zero-order chi connectivity index (χ0) is 21.5. The van der Waals surface area contributed by atoms with Crippen LogP contribution in [-0.2, 0) is 13.0 Å². The lowest BCUT2D eigenvalue weighted by Crippen LogP contribution is -2.37. The van der Waals surface area contributed by atoms with Crippen LogP contribution >= 0.6 is 35.6 Å². The Hall–Kier alpha value is -2.20. The van der Waals surface area contributed by atoms with Crippen molar-refractivity contribution in [3.05, 3.63) is 58.1 Å². The molecule has 1 amide bonds. The number of carbonyl (C=O) groups excluding carboxylic acids is 1. The molecule has 2 aromatic carbocycles. The van der Waals surface area contributed by atoms with Crippen LogP contribution in [-0.4, -0.2) is 57.7 Å². The van der Waals surface area contributed by atoms with E-state index in [9.17, 15) is 4.79 Å². The van der Waals surface area contributed by atoms with Crippen LogP contribution in [0.2, 0.25) is 5.02 Å². The summed E-state index contributed by atoms with van der Waals surface area (Å²) in [6.07, 6.45) is 0.769. The normalized spacial score (nSPS) is 12.6. The number of guanidine groups is 1. The third-order valence-corrected chi connectivity index (χ3v) is 4.91. The Morgan fingerprint density at radius 1 is 1.13 bits per heavy atom. The van der Waals surface area contributed by atoms with Gasteiger partial charge in [0.2, 0.25) is 0 Å². The number of fused-ring (bicyclic) bond motifs is 1. The van der Waals surface area contributed by atoms with Gasteiger partial charge in [0.05, 0.1) is 5.02 Å². The maximum Gasteiger partial charge on any atom is 0.253 e. The van der Waals surface area contributed by atoms with Crippen LogP contribution in [0.25, 0.3) is 0 Å². The first-order valence-electron chi connectivity index (χ1n) is 9.81. The molecular formula is C22H28ClIN4O3. The lowest BCUT2D eigenvalue weighted by atomic mass is 10.1. The fraction of sp³-hybridized carbons (Fsp3) is 0.364. The molecule has 0 saturated heterocycles. The number of ether oxygens (including phenoxy) is 2. The number of aliphatic imine (C=N–C) groups is 1. The molecule has 2 N–H and O–H groups in total. The standard InChI is InChI=1S/C22H27ClN4O3.HI/c1-24-22(25-8-7-15-5-4-6-17(11-15)21(28)27(2)3)26-14-16-12-18(23)20-19(13-16)29-9-10-30-20;/h4-6,11-13H,7-10,14H2,1-3H3,(H2,24,25,26);1H. The molecule has 0 radical (unpaired) electrons. The molecule has 3 rings (SSSR count). The molecule has 0 unspecified atom stereocenters. The minimum Gasteiger partial charge on any atom is -0.486 e. The number of nitrogens with one attached hydrogen (secondary N) is 2. The van der Waals surface area contributed by atoms with E-state index in [-0.39, 0.29) is 29.9 Å². The lowest BCUT2D eigenvalue weighted by molar-refractivity contribution is 0.0827. The molecule has 168 valence electrons. The van der Waals surface area contributed by atoms with Gasteiger partial charge in [-0.2, -0.15) is 0 Å². The summed E-state index contributed by atoms with van der Waals surface area (Å²) < 4.78 is 11.2. The van der Waals surface area contributed by atoms with Crippen molar-refractivity contribution in [2.24, 2.45) is 4.99 Å². The minimum absolute atomic E-state index is 0. The molecule has 0 fully saturated rings. The van der Waals surface area contributed by atoms with Crippen LogP contribution in [0.1, 0.15) is 21.5 Å². The SMILES string of the molecule is CN=C(NCCc1cccc(C(=O)N(C)C)c1)NCc1cc(Cl)c2c(c1)OCCO2.I. The summed E-state index contributed by atoms with van der Waals surface area (Å²) in [4.78, 5) is 17.9. The first kappa shape index (κ1) is 25.1. The number of hydrogen-bond donors (Lipinski definition) is 2. The van der Waals surface area contributed by atoms with E-state index < -0.39 is 0 Å². The summed E-state index contributed by atoms with van der Waals surface area (Å²) >= 11 is 6.30. The van der Waals surface area contributed by atoms with E-state index in [1.807, 2.05) is 36.4 Å².